The molecule has 0 atom stereocenters. The van der Waals surface area contributed by atoms with Gasteiger partial charge in [0.1, 0.15) is 5.82 Å². The van der Waals surface area contributed by atoms with Gasteiger partial charge >= 0.3 is 0 Å². The summed E-state index contributed by atoms with van der Waals surface area (Å²) in [7, 11) is 0. The molecule has 0 N–H and O–H groups in total. The molecule has 2 rings (SSSR count). The molecule has 82 valence electrons. The van der Waals surface area contributed by atoms with Crippen LogP contribution in [0.2, 0.25) is 0 Å². The van der Waals surface area contributed by atoms with E-state index in [2.05, 4.69) is 51.9 Å². The molecule has 2 aromatic rings. The van der Waals surface area contributed by atoms with Crippen molar-refractivity contribution in [3.05, 3.63) is 47.0 Å². The van der Waals surface area contributed by atoms with Crippen LogP contribution in [-0.4, -0.2) is 9.97 Å². The summed E-state index contributed by atoms with van der Waals surface area (Å²) in [6.45, 7) is 4.18. The molecule has 0 fully saturated rings. The molecule has 0 unspecified atom stereocenters. The fraction of sp³-hybridized carbons (Fsp3) is 0.231. The van der Waals surface area contributed by atoms with E-state index < -0.39 is 0 Å². The van der Waals surface area contributed by atoms with E-state index in [1.165, 1.54) is 0 Å². The van der Waals surface area contributed by atoms with Crippen LogP contribution in [0.3, 0.4) is 0 Å². The quantitative estimate of drug-likeness (QED) is 0.828. The average Bonchev–Trinajstić information content (AvgIpc) is 2.30. The van der Waals surface area contributed by atoms with Crippen LogP contribution in [0, 0.1) is 0 Å². The third-order valence-corrected chi connectivity index (χ3v) is 2.89. The summed E-state index contributed by atoms with van der Waals surface area (Å²) in [4.78, 5) is 8.71. The highest BCUT2D eigenvalue weighted by Gasteiger charge is 2.03. The maximum atomic E-state index is 4.35. The third kappa shape index (κ3) is 2.47. The normalized spacial score (nSPS) is 10.8. The fourth-order valence-corrected chi connectivity index (χ4v) is 1.69. The summed E-state index contributed by atoms with van der Waals surface area (Å²) in [5, 5.41) is 0. The van der Waals surface area contributed by atoms with Gasteiger partial charge in [-0.1, -0.05) is 41.9 Å². The fourth-order valence-electron chi connectivity index (χ4n) is 1.43. The summed E-state index contributed by atoms with van der Waals surface area (Å²) in [5.74, 6) is 1.26. The Balaban J connectivity index is 2.31. The lowest BCUT2D eigenvalue weighted by atomic mass is 10.1. The van der Waals surface area contributed by atoms with Gasteiger partial charge < -0.3 is 0 Å². The maximum Gasteiger partial charge on any atom is 0.130 e. The molecule has 2 nitrogen and oxygen atoms in total. The minimum absolute atomic E-state index is 0.374. The first-order valence-corrected chi connectivity index (χ1v) is 6.04. The molecule has 1 heterocycles. The molecule has 0 radical (unpaired) electrons. The van der Waals surface area contributed by atoms with E-state index in [0.29, 0.717) is 5.92 Å². The molecule has 0 aliphatic heterocycles. The van der Waals surface area contributed by atoms with Crippen molar-refractivity contribution in [3.8, 4) is 11.1 Å². The van der Waals surface area contributed by atoms with E-state index in [1.807, 2.05) is 24.5 Å². The Bertz CT molecular complexity index is 460. The summed E-state index contributed by atoms with van der Waals surface area (Å²) in [6.07, 6.45) is 3.76. The molecular weight excluding hydrogens is 264 g/mol. The lowest BCUT2D eigenvalue weighted by Crippen LogP contribution is -1.96. The van der Waals surface area contributed by atoms with E-state index in [1.54, 1.807) is 0 Å². The second-order valence-corrected chi connectivity index (χ2v) is 4.91. The lowest BCUT2D eigenvalue weighted by molar-refractivity contribution is 0.775. The Hall–Kier alpha value is -1.22. The molecular formula is C13H13BrN2. The topological polar surface area (TPSA) is 25.8 Å². The largest absolute Gasteiger partial charge is 0.240 e. The smallest absolute Gasteiger partial charge is 0.130 e. The third-order valence-electron chi connectivity index (χ3n) is 2.37. The molecule has 0 aliphatic rings. The van der Waals surface area contributed by atoms with Crippen molar-refractivity contribution >= 4 is 15.9 Å². The van der Waals surface area contributed by atoms with Gasteiger partial charge in [0.25, 0.3) is 0 Å². The minimum atomic E-state index is 0.374. The van der Waals surface area contributed by atoms with Crippen molar-refractivity contribution in [1.29, 1.82) is 0 Å². The highest BCUT2D eigenvalue weighted by Crippen LogP contribution is 2.21. The Labute approximate surface area is 104 Å². The van der Waals surface area contributed by atoms with Gasteiger partial charge in [-0.2, -0.15) is 0 Å². The zero-order valence-corrected chi connectivity index (χ0v) is 10.9. The molecule has 16 heavy (non-hydrogen) atoms. The number of rotatable bonds is 2. The zero-order chi connectivity index (χ0) is 11.5. The predicted molar refractivity (Wildman–Crippen MR) is 69.3 cm³/mol. The van der Waals surface area contributed by atoms with Crippen LogP contribution in [0.15, 0.2) is 41.1 Å². The summed E-state index contributed by atoms with van der Waals surface area (Å²) < 4.78 is 1.08. The first kappa shape index (κ1) is 11.3. The van der Waals surface area contributed by atoms with Crippen LogP contribution < -0.4 is 0 Å². The first-order valence-electron chi connectivity index (χ1n) is 5.24. The second-order valence-electron chi connectivity index (χ2n) is 3.99. The van der Waals surface area contributed by atoms with Crippen LogP contribution in [0.25, 0.3) is 11.1 Å². The molecule has 0 saturated heterocycles. The Morgan fingerprint density at radius 2 is 1.50 bits per heavy atom. The van der Waals surface area contributed by atoms with Crippen molar-refractivity contribution in [2.45, 2.75) is 19.8 Å². The SMILES string of the molecule is CC(C)c1ncc(-c2ccc(Br)cc2)cn1. The highest BCUT2D eigenvalue weighted by atomic mass is 79.9. The van der Waals surface area contributed by atoms with E-state index >= 15 is 0 Å². The van der Waals surface area contributed by atoms with Gasteiger partial charge in [-0.05, 0) is 17.7 Å². The maximum absolute atomic E-state index is 4.35. The van der Waals surface area contributed by atoms with Gasteiger partial charge in [-0.15, -0.1) is 0 Å². The molecule has 0 spiro atoms. The Morgan fingerprint density at radius 3 is 2.00 bits per heavy atom. The Morgan fingerprint density at radius 1 is 0.938 bits per heavy atom. The van der Waals surface area contributed by atoms with E-state index in [4.69, 9.17) is 0 Å². The standard InChI is InChI=1S/C13H13BrN2/c1-9(2)13-15-7-11(8-16-13)10-3-5-12(14)6-4-10/h3-9H,1-2H3. The van der Waals surface area contributed by atoms with E-state index in [0.717, 1.165) is 21.4 Å². The van der Waals surface area contributed by atoms with Gasteiger partial charge in [-0.3, -0.25) is 0 Å². The average molecular weight is 277 g/mol. The van der Waals surface area contributed by atoms with Crippen molar-refractivity contribution in [1.82, 2.24) is 9.97 Å². The van der Waals surface area contributed by atoms with E-state index in [9.17, 15) is 0 Å². The molecule has 1 aromatic heterocycles. The number of aromatic nitrogens is 2. The zero-order valence-electron chi connectivity index (χ0n) is 9.31. The number of halogens is 1. The minimum Gasteiger partial charge on any atom is -0.240 e. The Kier molecular flexibility index (Phi) is 3.34. The van der Waals surface area contributed by atoms with Crippen molar-refractivity contribution < 1.29 is 0 Å². The number of benzene rings is 1. The van der Waals surface area contributed by atoms with E-state index in [-0.39, 0.29) is 0 Å². The van der Waals surface area contributed by atoms with Crippen molar-refractivity contribution in [2.24, 2.45) is 0 Å². The second kappa shape index (κ2) is 4.74. The number of nitrogens with zero attached hydrogens (tertiary/aromatic N) is 2. The monoisotopic (exact) mass is 276 g/mol. The van der Waals surface area contributed by atoms with Crippen molar-refractivity contribution in [2.75, 3.05) is 0 Å². The summed E-state index contributed by atoms with van der Waals surface area (Å²) in [5.41, 5.74) is 2.19. The van der Waals surface area contributed by atoms with Gasteiger partial charge in [0, 0.05) is 28.3 Å². The summed E-state index contributed by atoms with van der Waals surface area (Å²) >= 11 is 3.42. The molecule has 1 aromatic carbocycles. The van der Waals surface area contributed by atoms with Gasteiger partial charge in [0.05, 0.1) is 0 Å². The lowest BCUT2D eigenvalue weighted by Gasteiger charge is -2.05. The van der Waals surface area contributed by atoms with Crippen LogP contribution in [0.5, 0.6) is 0 Å². The molecule has 3 heteroatoms. The number of hydrogen-bond acceptors (Lipinski definition) is 2. The number of hydrogen-bond donors (Lipinski definition) is 0. The van der Waals surface area contributed by atoms with Gasteiger partial charge in [0.2, 0.25) is 0 Å². The summed E-state index contributed by atoms with van der Waals surface area (Å²) in [6, 6.07) is 8.15. The molecule has 0 saturated carbocycles. The van der Waals surface area contributed by atoms with Crippen LogP contribution in [0.4, 0.5) is 0 Å². The van der Waals surface area contributed by atoms with Crippen LogP contribution >= 0.6 is 15.9 Å². The molecule has 0 amide bonds. The predicted octanol–water partition coefficient (Wildman–Crippen LogP) is 4.03. The first-order chi connectivity index (χ1) is 7.66. The van der Waals surface area contributed by atoms with Crippen LogP contribution in [0.1, 0.15) is 25.6 Å². The van der Waals surface area contributed by atoms with Gasteiger partial charge in [0.15, 0.2) is 0 Å². The van der Waals surface area contributed by atoms with Gasteiger partial charge in [-0.25, -0.2) is 9.97 Å². The molecule has 0 bridgehead atoms. The van der Waals surface area contributed by atoms with Crippen LogP contribution in [-0.2, 0) is 0 Å². The van der Waals surface area contributed by atoms with Crippen molar-refractivity contribution in [3.63, 3.8) is 0 Å². The highest BCUT2D eigenvalue weighted by molar-refractivity contribution is 9.10. The molecule has 0 aliphatic carbocycles.